The van der Waals surface area contributed by atoms with Crippen molar-refractivity contribution in [2.75, 3.05) is 26.2 Å². The lowest BCUT2D eigenvalue weighted by atomic mass is 10.1. The lowest BCUT2D eigenvalue weighted by Crippen LogP contribution is -2.43. The van der Waals surface area contributed by atoms with E-state index in [4.69, 9.17) is 9.15 Å². The second-order valence-electron chi connectivity index (χ2n) is 6.22. The van der Waals surface area contributed by atoms with Crippen LogP contribution < -0.4 is 10.4 Å². The predicted molar refractivity (Wildman–Crippen MR) is 103 cm³/mol. The van der Waals surface area contributed by atoms with Gasteiger partial charge in [-0.05, 0) is 47.0 Å². The van der Waals surface area contributed by atoms with Crippen LogP contribution in [0, 0.1) is 0 Å². The molecule has 8 heteroatoms. The van der Waals surface area contributed by atoms with Crippen molar-refractivity contribution in [2.24, 2.45) is 0 Å². The van der Waals surface area contributed by atoms with Gasteiger partial charge in [0.15, 0.2) is 0 Å². The topological polar surface area (TPSA) is 63.0 Å². The Morgan fingerprint density at radius 1 is 1.16 bits per heavy atom. The normalized spacial score (nSPS) is 22.4. The summed E-state index contributed by atoms with van der Waals surface area (Å²) in [6.07, 6.45) is 1.66. The highest BCUT2D eigenvalue weighted by molar-refractivity contribution is 9.10. The molecule has 2 aromatic rings. The maximum absolute atomic E-state index is 12.6. The molecule has 0 unspecified atom stereocenters. The number of hydrogen-bond donors (Lipinski definition) is 0. The van der Waals surface area contributed by atoms with E-state index >= 15 is 0 Å². The fourth-order valence-electron chi connectivity index (χ4n) is 3.42. The first-order valence-corrected chi connectivity index (χ1v) is 8.84. The molecule has 134 valence electrons. The van der Waals surface area contributed by atoms with Gasteiger partial charge < -0.3 is 19.0 Å². The largest absolute Gasteiger partial charge is 0.422 e. The highest BCUT2D eigenvalue weighted by Crippen LogP contribution is 2.25. The Kier molecular flexibility index (Phi) is 5.50. The predicted octanol–water partition coefficient (Wildman–Crippen LogP) is 3.41. The molecule has 0 spiro atoms. The highest BCUT2D eigenvalue weighted by Gasteiger charge is 2.32. The third-order valence-electron chi connectivity index (χ3n) is 4.76. The number of halogens is 2. The number of amides is 1. The minimum absolute atomic E-state index is 0. The van der Waals surface area contributed by atoms with Crippen LogP contribution in [-0.4, -0.2) is 48.1 Å². The number of fused-ring (bicyclic) bond motifs is 5. The molecule has 0 radical (unpaired) electrons. The summed E-state index contributed by atoms with van der Waals surface area (Å²) < 4.78 is 11.1. The van der Waals surface area contributed by atoms with Crippen molar-refractivity contribution in [1.82, 2.24) is 9.80 Å². The summed E-state index contributed by atoms with van der Waals surface area (Å²) in [5.41, 5.74) is -0.0547. The molecule has 3 fully saturated rings. The van der Waals surface area contributed by atoms with Gasteiger partial charge in [0.1, 0.15) is 15.8 Å². The van der Waals surface area contributed by atoms with Crippen LogP contribution in [0.25, 0.3) is 11.0 Å². The molecular weight excluding hydrogens is 456 g/mol. The zero-order chi connectivity index (χ0) is 16.7. The van der Waals surface area contributed by atoms with E-state index in [1.807, 2.05) is 4.90 Å². The minimum atomic E-state index is -0.454. The summed E-state index contributed by atoms with van der Waals surface area (Å²) >= 11 is 3.15. The third-order valence-corrected chi connectivity index (χ3v) is 5.31. The maximum Gasteiger partial charge on any atom is 0.415 e. The number of carbonyl (C=O) groups is 1. The van der Waals surface area contributed by atoms with Crippen molar-refractivity contribution in [3.05, 3.63) is 39.2 Å². The van der Waals surface area contributed by atoms with Crippen molar-refractivity contribution in [2.45, 2.75) is 18.9 Å². The van der Waals surface area contributed by atoms with Crippen molar-refractivity contribution in [3.8, 4) is 5.75 Å². The van der Waals surface area contributed by atoms with Crippen LogP contribution >= 0.6 is 32.9 Å². The summed E-state index contributed by atoms with van der Waals surface area (Å²) in [5, 5.41) is 0.766. The minimum Gasteiger partial charge on any atom is -0.422 e. The summed E-state index contributed by atoms with van der Waals surface area (Å²) in [6, 6.07) is 7.01. The quantitative estimate of drug-likeness (QED) is 0.594. The molecular formula is C17H18Br2N2O4. The van der Waals surface area contributed by atoms with Gasteiger partial charge in [0.2, 0.25) is 0 Å². The van der Waals surface area contributed by atoms with Crippen molar-refractivity contribution < 1.29 is 13.9 Å². The first-order valence-electron chi connectivity index (χ1n) is 8.04. The summed E-state index contributed by atoms with van der Waals surface area (Å²) in [4.78, 5) is 28.4. The molecule has 1 aromatic carbocycles. The van der Waals surface area contributed by atoms with Gasteiger partial charge in [-0.25, -0.2) is 9.59 Å². The van der Waals surface area contributed by atoms with Crippen LogP contribution in [0.1, 0.15) is 12.8 Å². The molecule has 3 aliphatic rings. The standard InChI is InChI=1S/C17H17BrN2O4.BrH/c18-14-9-11-1-2-13(10-15(11)24-16(14)21)23-17(22)20-8-7-19-5-3-12(20)4-6-19;/h1-2,9-10,12H,3-8H2;1H. The van der Waals surface area contributed by atoms with Crippen LogP contribution in [0.4, 0.5) is 4.79 Å². The van der Waals surface area contributed by atoms with E-state index in [2.05, 4.69) is 20.8 Å². The Morgan fingerprint density at radius 3 is 2.68 bits per heavy atom. The van der Waals surface area contributed by atoms with Gasteiger partial charge in [-0.2, -0.15) is 0 Å². The van der Waals surface area contributed by atoms with Crippen molar-refractivity contribution in [1.29, 1.82) is 0 Å². The van der Waals surface area contributed by atoms with Crippen molar-refractivity contribution in [3.63, 3.8) is 0 Å². The fourth-order valence-corrected chi connectivity index (χ4v) is 3.74. The van der Waals surface area contributed by atoms with Crippen LogP contribution in [0.3, 0.4) is 0 Å². The summed E-state index contributed by atoms with van der Waals surface area (Å²) in [5.74, 6) is 0.386. The molecule has 2 bridgehead atoms. The van der Waals surface area contributed by atoms with Crippen LogP contribution in [0.5, 0.6) is 5.75 Å². The molecule has 5 rings (SSSR count). The Morgan fingerprint density at radius 2 is 1.92 bits per heavy atom. The number of benzene rings is 1. The number of piperidine rings is 1. The number of carbonyl (C=O) groups excluding carboxylic acids is 1. The van der Waals surface area contributed by atoms with Gasteiger partial charge in [-0.15, -0.1) is 17.0 Å². The number of hydrogen-bond acceptors (Lipinski definition) is 5. The zero-order valence-electron chi connectivity index (χ0n) is 13.4. The van der Waals surface area contributed by atoms with E-state index in [0.29, 0.717) is 22.4 Å². The molecule has 1 aromatic heterocycles. The second kappa shape index (κ2) is 7.47. The zero-order valence-corrected chi connectivity index (χ0v) is 16.7. The highest BCUT2D eigenvalue weighted by atomic mass is 79.9. The van der Waals surface area contributed by atoms with Gasteiger partial charge >= 0.3 is 11.7 Å². The smallest absolute Gasteiger partial charge is 0.415 e. The number of ether oxygens (including phenoxy) is 1. The molecule has 4 heterocycles. The van der Waals surface area contributed by atoms with Crippen LogP contribution in [0.15, 0.2) is 37.9 Å². The van der Waals surface area contributed by atoms with Gasteiger partial charge in [0, 0.05) is 43.7 Å². The van der Waals surface area contributed by atoms with E-state index in [9.17, 15) is 9.59 Å². The van der Waals surface area contributed by atoms with E-state index < -0.39 is 5.63 Å². The van der Waals surface area contributed by atoms with Crippen LogP contribution in [0.2, 0.25) is 0 Å². The Labute approximate surface area is 163 Å². The Bertz CT molecular complexity index is 846. The summed E-state index contributed by atoms with van der Waals surface area (Å²) in [7, 11) is 0. The average Bonchev–Trinajstić information content (AvgIpc) is 2.90. The summed E-state index contributed by atoms with van der Waals surface area (Å²) in [6.45, 7) is 3.68. The molecule has 0 N–H and O–H groups in total. The number of rotatable bonds is 1. The van der Waals surface area contributed by atoms with Gasteiger partial charge in [0.05, 0.1) is 0 Å². The first kappa shape index (κ1) is 18.4. The maximum atomic E-state index is 12.6. The Hall–Kier alpha value is -1.38. The SMILES string of the molecule is Br.O=C(Oc1ccc2cc(Br)c(=O)oc2c1)N1CCN2CCC1CC2. The van der Waals surface area contributed by atoms with E-state index in [1.54, 1.807) is 24.3 Å². The first-order chi connectivity index (χ1) is 11.6. The molecule has 6 nitrogen and oxygen atoms in total. The van der Waals surface area contributed by atoms with Crippen molar-refractivity contribution >= 4 is 50.0 Å². The number of nitrogens with zero attached hydrogens (tertiary/aromatic N) is 2. The van der Waals surface area contributed by atoms with E-state index in [1.165, 1.54) is 0 Å². The molecule has 3 aliphatic heterocycles. The van der Waals surface area contributed by atoms with Crippen LogP contribution in [-0.2, 0) is 0 Å². The third kappa shape index (κ3) is 3.75. The second-order valence-corrected chi connectivity index (χ2v) is 7.07. The van der Waals surface area contributed by atoms with E-state index in [-0.39, 0.29) is 29.1 Å². The van der Waals surface area contributed by atoms with Gasteiger partial charge in [0.25, 0.3) is 0 Å². The van der Waals surface area contributed by atoms with E-state index in [0.717, 1.165) is 37.9 Å². The molecule has 1 amide bonds. The lowest BCUT2D eigenvalue weighted by Gasteiger charge is -2.30. The molecule has 0 aliphatic carbocycles. The molecule has 0 saturated carbocycles. The average molecular weight is 474 g/mol. The molecule has 25 heavy (non-hydrogen) atoms. The van der Waals surface area contributed by atoms with Gasteiger partial charge in [-0.1, -0.05) is 0 Å². The van der Waals surface area contributed by atoms with Gasteiger partial charge in [-0.3, -0.25) is 0 Å². The monoisotopic (exact) mass is 472 g/mol. The lowest BCUT2D eigenvalue weighted by molar-refractivity contribution is 0.131. The Balaban J connectivity index is 0.00000182. The molecule has 0 atom stereocenters. The molecule has 3 saturated heterocycles. The fraction of sp³-hybridized carbons (Fsp3) is 0.412.